The average molecular weight is 337 g/mol. The molecule has 0 saturated heterocycles. The molecule has 3 heteroatoms. The van der Waals surface area contributed by atoms with Crippen LogP contribution in [0.2, 0.25) is 0 Å². The fourth-order valence-corrected chi connectivity index (χ4v) is 3.89. The molecule has 1 unspecified atom stereocenters. The number of rotatable bonds is 2. The molecule has 2 heterocycles. The van der Waals surface area contributed by atoms with Gasteiger partial charge in [-0.25, -0.2) is 9.67 Å². The van der Waals surface area contributed by atoms with Crippen molar-refractivity contribution in [2.45, 2.75) is 19.4 Å². The molecule has 3 nitrogen and oxygen atoms in total. The van der Waals surface area contributed by atoms with Crippen LogP contribution in [0.5, 0.6) is 0 Å². The number of nitrogens with zero attached hydrogens (tertiary/aromatic N) is 3. The van der Waals surface area contributed by atoms with E-state index in [1.807, 2.05) is 12.3 Å². The van der Waals surface area contributed by atoms with Gasteiger partial charge >= 0.3 is 0 Å². The third-order valence-corrected chi connectivity index (χ3v) is 5.12. The van der Waals surface area contributed by atoms with E-state index in [-0.39, 0.29) is 6.04 Å². The molecule has 4 aromatic rings. The van der Waals surface area contributed by atoms with Crippen LogP contribution >= 0.6 is 0 Å². The molecule has 0 amide bonds. The maximum atomic E-state index is 4.86. The van der Waals surface area contributed by atoms with Crippen LogP contribution in [0.4, 0.5) is 5.82 Å². The minimum Gasteiger partial charge on any atom is -0.239 e. The Morgan fingerprint density at radius 1 is 0.885 bits per heavy atom. The van der Waals surface area contributed by atoms with Crippen LogP contribution in [0.3, 0.4) is 0 Å². The minimum absolute atomic E-state index is 0.172. The van der Waals surface area contributed by atoms with Crippen molar-refractivity contribution in [2.24, 2.45) is 4.99 Å². The van der Waals surface area contributed by atoms with Gasteiger partial charge in [0.05, 0.1) is 12.2 Å². The van der Waals surface area contributed by atoms with Crippen molar-refractivity contribution in [3.8, 4) is 11.1 Å². The molecule has 1 atom stereocenters. The first-order valence-electron chi connectivity index (χ1n) is 8.96. The van der Waals surface area contributed by atoms with Crippen molar-refractivity contribution in [2.75, 3.05) is 0 Å². The highest BCUT2D eigenvalue weighted by Gasteiger charge is 2.26. The Balaban J connectivity index is 1.70. The van der Waals surface area contributed by atoms with E-state index in [1.54, 1.807) is 0 Å². The zero-order chi connectivity index (χ0) is 17.5. The van der Waals surface area contributed by atoms with Crippen LogP contribution < -0.4 is 0 Å². The topological polar surface area (TPSA) is 30.2 Å². The molecule has 1 aliphatic rings. The molecular formula is C23H19N3. The average Bonchev–Trinajstić information content (AvgIpc) is 3.11. The highest BCUT2D eigenvalue weighted by Crippen LogP contribution is 2.40. The normalized spacial score (nSPS) is 16.3. The van der Waals surface area contributed by atoms with E-state index in [0.29, 0.717) is 0 Å². The standard InChI is InChI=1S/C23H19N3/c1-16-14-22(20-13-7-11-17-10-5-6-12-19(17)20)26-23(25-16)21(15-24-26)18-8-3-2-4-9-18/h2-13,15,22H,14H2,1H3. The molecule has 0 saturated carbocycles. The lowest BCUT2D eigenvalue weighted by Crippen LogP contribution is -2.19. The molecule has 1 aromatic heterocycles. The number of fused-ring (bicyclic) bond motifs is 2. The lowest BCUT2D eigenvalue weighted by molar-refractivity contribution is 0.535. The van der Waals surface area contributed by atoms with Gasteiger partial charge in [-0.1, -0.05) is 72.8 Å². The molecule has 0 fully saturated rings. The summed E-state index contributed by atoms with van der Waals surface area (Å²) in [6.45, 7) is 2.11. The molecule has 26 heavy (non-hydrogen) atoms. The van der Waals surface area contributed by atoms with Crippen LogP contribution in [0.25, 0.3) is 21.9 Å². The van der Waals surface area contributed by atoms with Crippen LogP contribution in [0, 0.1) is 0 Å². The third-order valence-electron chi connectivity index (χ3n) is 5.12. The van der Waals surface area contributed by atoms with Crippen LogP contribution in [-0.2, 0) is 0 Å². The Labute approximate surface area is 152 Å². The lowest BCUT2D eigenvalue weighted by Gasteiger charge is -2.25. The SMILES string of the molecule is CC1=Nc2c(-c3ccccc3)cnn2C(c2cccc3ccccc23)C1. The number of benzene rings is 3. The van der Waals surface area contributed by atoms with Crippen molar-refractivity contribution >= 4 is 22.3 Å². The van der Waals surface area contributed by atoms with Crippen LogP contribution in [0.1, 0.15) is 24.9 Å². The van der Waals surface area contributed by atoms with Gasteiger partial charge in [0.15, 0.2) is 5.82 Å². The summed E-state index contributed by atoms with van der Waals surface area (Å²) in [5.74, 6) is 0.956. The highest BCUT2D eigenvalue weighted by atomic mass is 15.3. The Morgan fingerprint density at radius 3 is 2.54 bits per heavy atom. The second kappa shape index (κ2) is 5.95. The maximum absolute atomic E-state index is 4.86. The predicted molar refractivity (Wildman–Crippen MR) is 107 cm³/mol. The Morgan fingerprint density at radius 2 is 1.65 bits per heavy atom. The van der Waals surface area contributed by atoms with Gasteiger partial charge in [-0.05, 0) is 28.8 Å². The summed E-state index contributed by atoms with van der Waals surface area (Å²) in [6, 6.07) is 25.6. The van der Waals surface area contributed by atoms with Gasteiger partial charge in [0.2, 0.25) is 0 Å². The molecule has 1 aliphatic heterocycles. The second-order valence-corrected chi connectivity index (χ2v) is 6.83. The third kappa shape index (κ3) is 2.36. The van der Waals surface area contributed by atoms with Crippen LogP contribution in [0.15, 0.2) is 84.0 Å². The molecule has 126 valence electrons. The second-order valence-electron chi connectivity index (χ2n) is 6.83. The van der Waals surface area contributed by atoms with E-state index in [9.17, 15) is 0 Å². The fraction of sp³-hybridized carbons (Fsp3) is 0.130. The summed E-state index contributed by atoms with van der Waals surface area (Å²) in [4.78, 5) is 4.86. The molecule has 0 spiro atoms. The molecule has 5 rings (SSSR count). The van der Waals surface area contributed by atoms with Gasteiger partial charge in [0.25, 0.3) is 0 Å². The van der Waals surface area contributed by atoms with Crippen molar-refractivity contribution in [3.05, 3.63) is 84.6 Å². The Kier molecular flexibility index (Phi) is 3.45. The molecule has 3 aromatic carbocycles. The molecular weight excluding hydrogens is 318 g/mol. The van der Waals surface area contributed by atoms with Crippen molar-refractivity contribution in [1.82, 2.24) is 9.78 Å². The summed E-state index contributed by atoms with van der Waals surface area (Å²) in [5, 5.41) is 7.30. The molecule has 0 aliphatic carbocycles. The van der Waals surface area contributed by atoms with E-state index in [2.05, 4.69) is 78.3 Å². The predicted octanol–water partition coefficient (Wildman–Crippen LogP) is 5.79. The summed E-state index contributed by atoms with van der Waals surface area (Å²) in [5.41, 5.74) is 4.70. The summed E-state index contributed by atoms with van der Waals surface area (Å²) < 4.78 is 2.09. The first-order valence-corrected chi connectivity index (χ1v) is 8.96. The molecule has 0 bridgehead atoms. The first kappa shape index (κ1) is 15.1. The maximum Gasteiger partial charge on any atom is 0.158 e. The highest BCUT2D eigenvalue weighted by molar-refractivity contribution is 5.91. The number of hydrogen-bond acceptors (Lipinski definition) is 2. The number of hydrogen-bond donors (Lipinski definition) is 0. The van der Waals surface area contributed by atoms with Crippen molar-refractivity contribution in [3.63, 3.8) is 0 Å². The fourth-order valence-electron chi connectivity index (χ4n) is 3.89. The smallest absolute Gasteiger partial charge is 0.158 e. The van der Waals surface area contributed by atoms with Gasteiger partial charge < -0.3 is 0 Å². The van der Waals surface area contributed by atoms with Crippen molar-refractivity contribution in [1.29, 1.82) is 0 Å². The summed E-state index contributed by atoms with van der Waals surface area (Å²) in [6.07, 6.45) is 2.84. The lowest BCUT2D eigenvalue weighted by atomic mass is 9.94. The number of aliphatic imine (C=N–C) groups is 1. The first-order chi connectivity index (χ1) is 12.8. The van der Waals surface area contributed by atoms with E-state index >= 15 is 0 Å². The quantitative estimate of drug-likeness (QED) is 0.455. The monoisotopic (exact) mass is 337 g/mol. The zero-order valence-corrected chi connectivity index (χ0v) is 14.6. The van der Waals surface area contributed by atoms with Gasteiger partial charge in [0.1, 0.15) is 0 Å². The largest absolute Gasteiger partial charge is 0.239 e. The summed E-state index contributed by atoms with van der Waals surface area (Å²) in [7, 11) is 0. The number of aromatic nitrogens is 2. The van der Waals surface area contributed by atoms with E-state index in [4.69, 9.17) is 10.1 Å². The van der Waals surface area contributed by atoms with E-state index in [0.717, 1.165) is 29.1 Å². The Bertz CT molecular complexity index is 1120. The van der Waals surface area contributed by atoms with Crippen molar-refractivity contribution < 1.29 is 0 Å². The Hall–Kier alpha value is -3.20. The van der Waals surface area contributed by atoms with Crippen LogP contribution in [-0.4, -0.2) is 15.5 Å². The zero-order valence-electron chi connectivity index (χ0n) is 14.6. The molecule has 0 N–H and O–H groups in total. The molecule has 0 radical (unpaired) electrons. The summed E-state index contributed by atoms with van der Waals surface area (Å²) >= 11 is 0. The van der Waals surface area contributed by atoms with Gasteiger partial charge in [-0.3, -0.25) is 0 Å². The van der Waals surface area contributed by atoms with Gasteiger partial charge in [-0.2, -0.15) is 5.10 Å². The minimum atomic E-state index is 0.172. The van der Waals surface area contributed by atoms with Gasteiger partial charge in [-0.15, -0.1) is 0 Å². The van der Waals surface area contributed by atoms with E-state index in [1.165, 1.54) is 16.3 Å². The van der Waals surface area contributed by atoms with E-state index < -0.39 is 0 Å². The van der Waals surface area contributed by atoms with Gasteiger partial charge in [0, 0.05) is 17.7 Å².